The summed E-state index contributed by atoms with van der Waals surface area (Å²) in [4.78, 5) is 0. The van der Waals surface area contributed by atoms with Crippen LogP contribution in [0, 0.1) is 5.92 Å². The summed E-state index contributed by atoms with van der Waals surface area (Å²) in [5, 5.41) is 11.1. The van der Waals surface area contributed by atoms with Crippen molar-refractivity contribution >= 4 is 0 Å². The van der Waals surface area contributed by atoms with Gasteiger partial charge in [-0.25, -0.2) is 0 Å². The predicted molar refractivity (Wildman–Crippen MR) is 79.2 cm³/mol. The number of hydrogen-bond acceptors (Lipinski definition) is 1. The molecule has 1 nitrogen and oxygen atoms in total. The van der Waals surface area contributed by atoms with E-state index in [4.69, 9.17) is 0 Å². The summed E-state index contributed by atoms with van der Waals surface area (Å²) in [5.74, 6) is 1.23. The molecule has 0 bridgehead atoms. The van der Waals surface area contributed by atoms with E-state index in [1.54, 1.807) is 0 Å². The molecular formula is C18H26O. The van der Waals surface area contributed by atoms with E-state index in [9.17, 15) is 5.11 Å². The van der Waals surface area contributed by atoms with Crippen molar-refractivity contribution in [3.05, 3.63) is 35.4 Å². The average Bonchev–Trinajstić information content (AvgIpc) is 2.38. The van der Waals surface area contributed by atoms with Gasteiger partial charge >= 0.3 is 0 Å². The van der Waals surface area contributed by atoms with Crippen LogP contribution < -0.4 is 0 Å². The summed E-state index contributed by atoms with van der Waals surface area (Å²) in [6, 6.07) is 8.92. The molecule has 0 aromatic heterocycles. The SMILES string of the molecule is CCC1CCCCC1(O)c1ccc(C2CCC2)cc1. The molecular weight excluding hydrogens is 232 g/mol. The van der Waals surface area contributed by atoms with Crippen LogP contribution in [0.15, 0.2) is 24.3 Å². The largest absolute Gasteiger partial charge is 0.385 e. The van der Waals surface area contributed by atoms with Crippen molar-refractivity contribution in [1.82, 2.24) is 0 Å². The molecule has 104 valence electrons. The van der Waals surface area contributed by atoms with Crippen LogP contribution in [-0.2, 0) is 5.60 Å². The molecule has 0 saturated heterocycles. The molecule has 1 aromatic rings. The van der Waals surface area contributed by atoms with Gasteiger partial charge in [-0.1, -0.05) is 56.9 Å². The van der Waals surface area contributed by atoms with E-state index in [0.29, 0.717) is 5.92 Å². The molecule has 2 unspecified atom stereocenters. The van der Waals surface area contributed by atoms with E-state index in [1.807, 2.05) is 0 Å². The van der Waals surface area contributed by atoms with Gasteiger partial charge < -0.3 is 5.11 Å². The van der Waals surface area contributed by atoms with E-state index in [1.165, 1.54) is 37.7 Å². The van der Waals surface area contributed by atoms with E-state index in [-0.39, 0.29) is 0 Å². The first-order valence-corrected chi connectivity index (χ1v) is 8.07. The lowest BCUT2D eigenvalue weighted by Crippen LogP contribution is -2.37. The fraction of sp³-hybridized carbons (Fsp3) is 0.667. The first kappa shape index (κ1) is 13.2. The van der Waals surface area contributed by atoms with Gasteiger partial charge in [0, 0.05) is 0 Å². The highest BCUT2D eigenvalue weighted by Gasteiger charge is 2.39. The Morgan fingerprint density at radius 2 is 1.79 bits per heavy atom. The number of hydrogen-bond donors (Lipinski definition) is 1. The Balaban J connectivity index is 1.83. The lowest BCUT2D eigenvalue weighted by Gasteiger charge is -2.40. The van der Waals surface area contributed by atoms with Gasteiger partial charge in [0.25, 0.3) is 0 Å². The second-order valence-electron chi connectivity index (χ2n) is 6.53. The van der Waals surface area contributed by atoms with Gasteiger partial charge in [0.05, 0.1) is 5.60 Å². The molecule has 2 fully saturated rings. The molecule has 2 aliphatic carbocycles. The van der Waals surface area contributed by atoms with Gasteiger partial charge in [0.15, 0.2) is 0 Å². The quantitative estimate of drug-likeness (QED) is 0.830. The molecule has 3 rings (SSSR count). The topological polar surface area (TPSA) is 20.2 Å². The Kier molecular flexibility index (Phi) is 3.66. The third-order valence-electron chi connectivity index (χ3n) is 5.52. The van der Waals surface area contributed by atoms with Gasteiger partial charge in [-0.05, 0) is 48.6 Å². The zero-order valence-electron chi connectivity index (χ0n) is 12.1. The van der Waals surface area contributed by atoms with E-state index in [2.05, 4.69) is 31.2 Å². The Bertz CT molecular complexity index is 418. The minimum absolute atomic E-state index is 0.441. The molecule has 0 amide bonds. The van der Waals surface area contributed by atoms with Crippen molar-refractivity contribution in [2.45, 2.75) is 69.8 Å². The van der Waals surface area contributed by atoms with Gasteiger partial charge in [0.2, 0.25) is 0 Å². The lowest BCUT2D eigenvalue weighted by atomic mass is 9.70. The normalized spacial score (nSPS) is 32.0. The standard InChI is InChI=1S/C18H26O/c1-2-16-8-3-4-13-18(16,19)17-11-9-15(10-12-17)14-6-5-7-14/h9-12,14,16,19H,2-8,13H2,1H3. The van der Waals surface area contributed by atoms with E-state index in [0.717, 1.165) is 30.7 Å². The predicted octanol–water partition coefficient (Wildman–Crippen LogP) is 4.74. The van der Waals surface area contributed by atoms with Crippen LogP contribution >= 0.6 is 0 Å². The minimum Gasteiger partial charge on any atom is -0.385 e. The summed E-state index contributed by atoms with van der Waals surface area (Å²) in [7, 11) is 0. The maximum Gasteiger partial charge on any atom is 0.0924 e. The van der Waals surface area contributed by atoms with Gasteiger partial charge in [0.1, 0.15) is 0 Å². The van der Waals surface area contributed by atoms with Crippen LogP contribution in [0.5, 0.6) is 0 Å². The molecule has 0 aliphatic heterocycles. The van der Waals surface area contributed by atoms with Crippen LogP contribution in [0.4, 0.5) is 0 Å². The highest BCUT2D eigenvalue weighted by Crippen LogP contribution is 2.44. The molecule has 19 heavy (non-hydrogen) atoms. The van der Waals surface area contributed by atoms with Crippen molar-refractivity contribution in [3.63, 3.8) is 0 Å². The number of rotatable bonds is 3. The Morgan fingerprint density at radius 3 is 2.37 bits per heavy atom. The van der Waals surface area contributed by atoms with Crippen LogP contribution in [0.2, 0.25) is 0 Å². The number of benzene rings is 1. The van der Waals surface area contributed by atoms with Crippen LogP contribution in [0.1, 0.15) is 75.3 Å². The third kappa shape index (κ3) is 2.33. The first-order valence-electron chi connectivity index (χ1n) is 8.07. The van der Waals surface area contributed by atoms with Gasteiger partial charge in [-0.2, -0.15) is 0 Å². The van der Waals surface area contributed by atoms with Crippen molar-refractivity contribution in [2.75, 3.05) is 0 Å². The summed E-state index contributed by atoms with van der Waals surface area (Å²) in [5.41, 5.74) is 2.06. The molecule has 1 N–H and O–H groups in total. The fourth-order valence-electron chi connectivity index (χ4n) is 3.94. The molecule has 0 heterocycles. The maximum atomic E-state index is 11.1. The molecule has 2 aliphatic rings. The van der Waals surface area contributed by atoms with Gasteiger partial charge in [-0.15, -0.1) is 0 Å². The van der Waals surface area contributed by atoms with Crippen molar-refractivity contribution < 1.29 is 5.11 Å². The zero-order chi connectivity index (χ0) is 13.3. The summed E-state index contributed by atoms with van der Waals surface area (Å²) >= 11 is 0. The molecule has 0 radical (unpaired) electrons. The monoisotopic (exact) mass is 258 g/mol. The van der Waals surface area contributed by atoms with Crippen molar-refractivity contribution in [1.29, 1.82) is 0 Å². The third-order valence-corrected chi connectivity index (χ3v) is 5.52. The Morgan fingerprint density at radius 1 is 1.05 bits per heavy atom. The smallest absolute Gasteiger partial charge is 0.0924 e. The Labute approximate surface area is 117 Å². The van der Waals surface area contributed by atoms with Gasteiger partial charge in [-0.3, -0.25) is 0 Å². The molecule has 1 heteroatoms. The average molecular weight is 258 g/mol. The summed E-state index contributed by atoms with van der Waals surface area (Å²) in [6.07, 6.45) is 9.72. The highest BCUT2D eigenvalue weighted by atomic mass is 16.3. The van der Waals surface area contributed by atoms with Crippen LogP contribution in [-0.4, -0.2) is 5.11 Å². The lowest BCUT2D eigenvalue weighted by molar-refractivity contribution is -0.0557. The van der Waals surface area contributed by atoms with Crippen LogP contribution in [0.25, 0.3) is 0 Å². The molecule has 2 atom stereocenters. The number of aliphatic hydroxyl groups is 1. The molecule has 2 saturated carbocycles. The van der Waals surface area contributed by atoms with E-state index >= 15 is 0 Å². The van der Waals surface area contributed by atoms with E-state index < -0.39 is 5.60 Å². The minimum atomic E-state index is -0.564. The second-order valence-corrected chi connectivity index (χ2v) is 6.53. The molecule has 0 spiro atoms. The highest BCUT2D eigenvalue weighted by molar-refractivity contribution is 5.31. The summed E-state index contributed by atoms with van der Waals surface area (Å²) < 4.78 is 0. The first-order chi connectivity index (χ1) is 9.24. The van der Waals surface area contributed by atoms with Crippen molar-refractivity contribution in [2.24, 2.45) is 5.92 Å². The summed E-state index contributed by atoms with van der Waals surface area (Å²) in [6.45, 7) is 2.21. The Hall–Kier alpha value is -0.820. The fourth-order valence-corrected chi connectivity index (χ4v) is 3.94. The zero-order valence-corrected chi connectivity index (χ0v) is 12.1. The van der Waals surface area contributed by atoms with Crippen molar-refractivity contribution in [3.8, 4) is 0 Å². The van der Waals surface area contributed by atoms with Crippen LogP contribution in [0.3, 0.4) is 0 Å². The second kappa shape index (κ2) is 5.28. The maximum absolute atomic E-state index is 11.1. The molecule has 1 aromatic carbocycles.